The fraction of sp³-hybridized carbons (Fsp3) is 0.188. The summed E-state index contributed by atoms with van der Waals surface area (Å²) in [5.41, 5.74) is 0.201. The molecule has 2 aromatic rings. The van der Waals surface area contributed by atoms with Gasteiger partial charge in [-0.1, -0.05) is 12.1 Å². The molecule has 0 N–H and O–H groups in total. The Balaban J connectivity index is 1.61. The minimum Gasteiger partial charge on any atom is -0.494 e. The summed E-state index contributed by atoms with van der Waals surface area (Å²) in [6.45, 7) is 0.262. The molecule has 0 atom stereocenters. The van der Waals surface area contributed by atoms with Crippen LogP contribution in [0.25, 0.3) is 0 Å². The number of carbonyl (C=O) groups excluding carboxylic acids is 1. The van der Waals surface area contributed by atoms with Crippen LogP contribution in [0.1, 0.15) is 16.8 Å². The molecule has 1 heterocycles. The Morgan fingerprint density at radius 1 is 1.04 bits per heavy atom. The van der Waals surface area contributed by atoms with Gasteiger partial charge in [-0.3, -0.25) is 4.79 Å². The van der Waals surface area contributed by atoms with Crippen LogP contribution < -0.4 is 4.74 Å². The lowest BCUT2D eigenvalue weighted by molar-refractivity contribution is 0.0866. The van der Waals surface area contributed by atoms with Crippen molar-refractivity contribution in [2.75, 3.05) is 13.2 Å². The van der Waals surface area contributed by atoms with Gasteiger partial charge in [0.05, 0.1) is 12.2 Å². The van der Waals surface area contributed by atoms with Crippen LogP contribution >= 0.6 is 0 Å². The van der Waals surface area contributed by atoms with Gasteiger partial charge in [0.25, 0.3) is 15.9 Å². The van der Waals surface area contributed by atoms with Gasteiger partial charge in [0.1, 0.15) is 16.5 Å². The molecule has 1 aliphatic heterocycles. The van der Waals surface area contributed by atoms with Gasteiger partial charge in [0.15, 0.2) is 0 Å². The molecule has 0 saturated heterocycles. The summed E-state index contributed by atoms with van der Waals surface area (Å²) in [5, 5.41) is 0. The van der Waals surface area contributed by atoms with Gasteiger partial charge in [-0.15, -0.1) is 0 Å². The van der Waals surface area contributed by atoms with Crippen molar-refractivity contribution in [3.63, 3.8) is 0 Å². The molecule has 3 rings (SSSR count). The van der Waals surface area contributed by atoms with E-state index in [0.29, 0.717) is 12.2 Å². The highest BCUT2D eigenvalue weighted by Crippen LogP contribution is 2.29. The Hall–Kier alpha value is -2.41. The van der Waals surface area contributed by atoms with Crippen LogP contribution in [-0.4, -0.2) is 31.8 Å². The van der Waals surface area contributed by atoms with Gasteiger partial charge < -0.3 is 4.74 Å². The minimum absolute atomic E-state index is 0.0387. The Kier molecular flexibility index (Phi) is 4.04. The lowest BCUT2D eigenvalue weighted by atomic mass is 10.2. The molecular weight excluding hydrogens is 321 g/mol. The van der Waals surface area contributed by atoms with Crippen LogP contribution in [0.2, 0.25) is 0 Å². The third kappa shape index (κ3) is 2.92. The van der Waals surface area contributed by atoms with Gasteiger partial charge in [0, 0.05) is 13.0 Å². The summed E-state index contributed by atoms with van der Waals surface area (Å²) >= 11 is 0. The summed E-state index contributed by atoms with van der Waals surface area (Å²) in [5.74, 6) is -0.378. The van der Waals surface area contributed by atoms with Crippen LogP contribution in [0.3, 0.4) is 0 Å². The van der Waals surface area contributed by atoms with E-state index < -0.39 is 15.9 Å². The molecule has 0 spiro atoms. The SMILES string of the molecule is O=C1c2ccccc2S(=O)(=O)N1CCCOc1ccc(F)cc1. The van der Waals surface area contributed by atoms with E-state index in [0.717, 1.165) is 4.31 Å². The van der Waals surface area contributed by atoms with Gasteiger partial charge in [0.2, 0.25) is 0 Å². The van der Waals surface area contributed by atoms with E-state index in [4.69, 9.17) is 4.74 Å². The summed E-state index contributed by atoms with van der Waals surface area (Å²) < 4.78 is 43.7. The number of rotatable bonds is 5. The van der Waals surface area contributed by atoms with Crippen molar-refractivity contribution in [2.24, 2.45) is 0 Å². The number of ether oxygens (including phenoxy) is 1. The second-order valence-electron chi connectivity index (χ2n) is 5.03. The van der Waals surface area contributed by atoms with Crippen LogP contribution in [0.4, 0.5) is 4.39 Å². The van der Waals surface area contributed by atoms with E-state index in [1.807, 2.05) is 0 Å². The Labute approximate surface area is 133 Å². The Morgan fingerprint density at radius 2 is 1.74 bits per heavy atom. The first kappa shape index (κ1) is 15.5. The molecule has 1 amide bonds. The minimum atomic E-state index is -3.77. The fourth-order valence-corrected chi connectivity index (χ4v) is 3.99. The highest BCUT2D eigenvalue weighted by atomic mass is 32.2. The van der Waals surface area contributed by atoms with E-state index in [-0.39, 0.29) is 29.4 Å². The normalized spacial score (nSPS) is 15.5. The molecule has 2 aromatic carbocycles. The van der Waals surface area contributed by atoms with Crippen molar-refractivity contribution < 1.29 is 22.3 Å². The number of fused-ring (bicyclic) bond motifs is 1. The second kappa shape index (κ2) is 6.00. The molecule has 0 radical (unpaired) electrons. The van der Waals surface area contributed by atoms with Gasteiger partial charge >= 0.3 is 0 Å². The van der Waals surface area contributed by atoms with Gasteiger partial charge in [-0.05, 0) is 36.4 Å². The Morgan fingerprint density at radius 3 is 2.43 bits per heavy atom. The zero-order valence-electron chi connectivity index (χ0n) is 12.1. The number of benzene rings is 2. The third-order valence-corrected chi connectivity index (χ3v) is 5.34. The third-order valence-electron chi connectivity index (χ3n) is 3.50. The van der Waals surface area contributed by atoms with Crippen LogP contribution in [-0.2, 0) is 10.0 Å². The van der Waals surface area contributed by atoms with Crippen LogP contribution in [0.15, 0.2) is 53.4 Å². The first-order valence-electron chi connectivity index (χ1n) is 7.04. The first-order chi connectivity index (χ1) is 11.0. The number of hydrogen-bond acceptors (Lipinski definition) is 4. The van der Waals surface area contributed by atoms with Crippen molar-refractivity contribution in [1.82, 2.24) is 4.31 Å². The second-order valence-corrected chi connectivity index (χ2v) is 6.87. The molecule has 5 nitrogen and oxygen atoms in total. The lowest BCUT2D eigenvalue weighted by Crippen LogP contribution is -2.31. The predicted molar refractivity (Wildman–Crippen MR) is 81.2 cm³/mol. The number of hydrogen-bond donors (Lipinski definition) is 0. The summed E-state index contributed by atoms with van der Waals surface area (Å²) in [6.07, 6.45) is 0.344. The largest absolute Gasteiger partial charge is 0.494 e. The standard InChI is InChI=1S/C16H14FNO4S/c17-12-6-8-13(9-7-12)22-11-3-10-18-16(19)14-4-1-2-5-15(14)23(18,20)21/h1-2,4-9H,3,10-11H2. The number of sulfonamides is 1. The van der Waals surface area contributed by atoms with Gasteiger partial charge in [-0.25, -0.2) is 17.1 Å². The van der Waals surface area contributed by atoms with E-state index in [1.165, 1.54) is 36.4 Å². The summed E-state index contributed by atoms with van der Waals surface area (Å²) in [7, 11) is -3.77. The molecule has 0 saturated carbocycles. The maximum Gasteiger partial charge on any atom is 0.269 e. The highest BCUT2D eigenvalue weighted by Gasteiger charge is 2.40. The van der Waals surface area contributed by atoms with E-state index >= 15 is 0 Å². The Bertz CT molecular complexity index is 833. The van der Waals surface area contributed by atoms with Crippen molar-refractivity contribution >= 4 is 15.9 Å². The molecule has 1 aliphatic rings. The molecule has 0 aliphatic carbocycles. The number of halogens is 1. The maximum absolute atomic E-state index is 12.8. The molecular formula is C16H14FNO4S. The van der Waals surface area contributed by atoms with E-state index in [2.05, 4.69) is 0 Å². The topological polar surface area (TPSA) is 63.7 Å². The van der Waals surface area contributed by atoms with Crippen LogP contribution in [0.5, 0.6) is 5.75 Å². The number of nitrogens with zero attached hydrogens (tertiary/aromatic N) is 1. The summed E-state index contributed by atoms with van der Waals surface area (Å²) in [4.78, 5) is 12.2. The zero-order chi connectivity index (χ0) is 16.4. The van der Waals surface area contributed by atoms with Crippen molar-refractivity contribution in [3.05, 3.63) is 59.9 Å². The summed E-state index contributed by atoms with van der Waals surface area (Å²) in [6, 6.07) is 11.7. The first-order valence-corrected chi connectivity index (χ1v) is 8.48. The van der Waals surface area contributed by atoms with Crippen LogP contribution in [0, 0.1) is 5.82 Å². The average Bonchev–Trinajstić information content (AvgIpc) is 2.74. The maximum atomic E-state index is 12.8. The monoisotopic (exact) mass is 335 g/mol. The van der Waals surface area contributed by atoms with Crippen molar-refractivity contribution in [2.45, 2.75) is 11.3 Å². The molecule has 23 heavy (non-hydrogen) atoms. The quantitative estimate of drug-likeness (QED) is 0.787. The van der Waals surface area contributed by atoms with Crippen molar-refractivity contribution in [3.8, 4) is 5.75 Å². The van der Waals surface area contributed by atoms with Crippen molar-refractivity contribution in [1.29, 1.82) is 0 Å². The molecule has 0 unspecified atom stereocenters. The highest BCUT2D eigenvalue weighted by molar-refractivity contribution is 7.90. The molecule has 0 aromatic heterocycles. The zero-order valence-corrected chi connectivity index (χ0v) is 12.9. The molecule has 0 bridgehead atoms. The van der Waals surface area contributed by atoms with E-state index in [1.54, 1.807) is 12.1 Å². The molecule has 120 valence electrons. The smallest absolute Gasteiger partial charge is 0.269 e. The average molecular weight is 335 g/mol. The van der Waals surface area contributed by atoms with E-state index in [9.17, 15) is 17.6 Å². The lowest BCUT2D eigenvalue weighted by Gasteiger charge is -2.15. The molecule has 0 fully saturated rings. The van der Waals surface area contributed by atoms with Gasteiger partial charge in [-0.2, -0.15) is 0 Å². The fourth-order valence-electron chi connectivity index (χ4n) is 2.38. The molecule has 7 heteroatoms. The number of carbonyl (C=O) groups is 1. The number of amides is 1. The predicted octanol–water partition coefficient (Wildman–Crippen LogP) is 2.44.